The lowest BCUT2D eigenvalue weighted by Crippen LogP contribution is -2.13. The maximum atomic E-state index is 13.3. The van der Waals surface area contributed by atoms with E-state index in [1.807, 2.05) is 0 Å². The smallest absolute Gasteiger partial charge is 0.256 e. The van der Waals surface area contributed by atoms with Crippen LogP contribution < -0.4 is 5.32 Å². The van der Waals surface area contributed by atoms with Crippen LogP contribution in [0.1, 0.15) is 10.4 Å². The first kappa shape index (κ1) is 14.2. The average molecular weight is 365 g/mol. The summed E-state index contributed by atoms with van der Waals surface area (Å²) < 4.78 is 13.6. The topological polar surface area (TPSA) is 54.9 Å². The molecule has 4 nitrogen and oxygen atoms in total. The van der Waals surface area contributed by atoms with Crippen LogP contribution in [0.15, 0.2) is 28.7 Å². The highest BCUT2D eigenvalue weighted by Crippen LogP contribution is 2.18. The van der Waals surface area contributed by atoms with Gasteiger partial charge in [-0.1, -0.05) is 11.6 Å². The van der Waals surface area contributed by atoms with E-state index in [9.17, 15) is 9.18 Å². The van der Waals surface area contributed by atoms with Gasteiger partial charge in [-0.25, -0.2) is 14.4 Å². The van der Waals surface area contributed by atoms with Crippen LogP contribution in [0.25, 0.3) is 0 Å². The van der Waals surface area contributed by atoms with Crippen molar-refractivity contribution in [3.63, 3.8) is 0 Å². The van der Waals surface area contributed by atoms with E-state index in [-0.39, 0.29) is 26.3 Å². The number of hydrogen-bond acceptors (Lipinski definition) is 3. The number of carbonyl (C=O) groups excluding carboxylic acids is 1. The minimum Gasteiger partial charge on any atom is -0.306 e. The molecule has 0 fully saturated rings. The molecule has 0 aliphatic rings. The van der Waals surface area contributed by atoms with Crippen molar-refractivity contribution in [3.05, 3.63) is 50.6 Å². The maximum Gasteiger partial charge on any atom is 0.256 e. The Morgan fingerprint density at radius 3 is 2.63 bits per heavy atom. The minimum absolute atomic E-state index is 0.0928. The van der Waals surface area contributed by atoms with E-state index in [0.717, 1.165) is 6.07 Å². The number of nitrogens with one attached hydrogen (secondary N) is 1. The molecular weight excluding hydrogens is 360 g/mol. The van der Waals surface area contributed by atoms with Gasteiger partial charge in [0, 0.05) is 11.6 Å². The van der Waals surface area contributed by atoms with Gasteiger partial charge in [0.2, 0.25) is 5.28 Å². The van der Waals surface area contributed by atoms with Crippen LogP contribution >= 0.6 is 39.1 Å². The standard InChI is InChI=1S/C11H5BrCl2FN3O/c12-6-2-1-5(3-7(6)15)10(19)17-9-4-8(13)16-11(14)18-9/h1-4H,(H,16,17,18,19). The summed E-state index contributed by atoms with van der Waals surface area (Å²) in [7, 11) is 0. The van der Waals surface area contributed by atoms with E-state index in [2.05, 4.69) is 31.2 Å². The molecule has 98 valence electrons. The lowest BCUT2D eigenvalue weighted by molar-refractivity contribution is 0.102. The average Bonchev–Trinajstić information content (AvgIpc) is 2.31. The van der Waals surface area contributed by atoms with Crippen LogP contribution in [0.2, 0.25) is 10.4 Å². The molecule has 0 bridgehead atoms. The predicted molar refractivity (Wildman–Crippen MR) is 74.1 cm³/mol. The van der Waals surface area contributed by atoms with Gasteiger partial charge < -0.3 is 5.32 Å². The number of nitrogens with zero attached hydrogens (tertiary/aromatic N) is 2. The molecule has 8 heteroatoms. The van der Waals surface area contributed by atoms with E-state index < -0.39 is 11.7 Å². The summed E-state index contributed by atoms with van der Waals surface area (Å²) in [6.07, 6.45) is 0. The van der Waals surface area contributed by atoms with Crippen LogP contribution in [-0.2, 0) is 0 Å². The van der Waals surface area contributed by atoms with Gasteiger partial charge >= 0.3 is 0 Å². The van der Waals surface area contributed by atoms with E-state index in [0.29, 0.717) is 0 Å². The molecule has 2 rings (SSSR count). The molecule has 0 aliphatic carbocycles. The molecule has 19 heavy (non-hydrogen) atoms. The molecule has 1 aromatic carbocycles. The Morgan fingerprint density at radius 2 is 2.00 bits per heavy atom. The number of anilines is 1. The van der Waals surface area contributed by atoms with Crippen molar-refractivity contribution in [3.8, 4) is 0 Å². The van der Waals surface area contributed by atoms with Crippen molar-refractivity contribution in [2.75, 3.05) is 5.32 Å². The Bertz CT molecular complexity index is 634. The summed E-state index contributed by atoms with van der Waals surface area (Å²) in [5.74, 6) is -0.929. The second-order valence-corrected chi connectivity index (χ2v) is 5.01. The zero-order valence-electron chi connectivity index (χ0n) is 9.12. The summed E-state index contributed by atoms with van der Waals surface area (Å²) in [5.41, 5.74) is 0.145. The lowest BCUT2D eigenvalue weighted by atomic mass is 10.2. The number of rotatable bonds is 2. The van der Waals surface area contributed by atoms with Gasteiger partial charge in [0.1, 0.15) is 16.8 Å². The van der Waals surface area contributed by atoms with Crippen molar-refractivity contribution in [2.45, 2.75) is 0 Å². The summed E-state index contributed by atoms with van der Waals surface area (Å²) in [4.78, 5) is 19.3. The number of amides is 1. The van der Waals surface area contributed by atoms with Gasteiger partial charge in [-0.15, -0.1) is 0 Å². The Kier molecular flexibility index (Phi) is 4.34. The fourth-order valence-corrected chi connectivity index (χ4v) is 1.94. The zero-order valence-corrected chi connectivity index (χ0v) is 12.2. The van der Waals surface area contributed by atoms with Gasteiger partial charge in [0.15, 0.2) is 0 Å². The highest BCUT2D eigenvalue weighted by molar-refractivity contribution is 9.10. The molecule has 1 amide bonds. The van der Waals surface area contributed by atoms with Gasteiger partial charge in [0.05, 0.1) is 4.47 Å². The highest BCUT2D eigenvalue weighted by Gasteiger charge is 2.11. The van der Waals surface area contributed by atoms with E-state index in [4.69, 9.17) is 23.2 Å². The third-order valence-electron chi connectivity index (χ3n) is 2.09. The first-order chi connectivity index (χ1) is 8.95. The zero-order chi connectivity index (χ0) is 14.0. The molecule has 0 saturated carbocycles. The fourth-order valence-electron chi connectivity index (χ4n) is 1.28. The minimum atomic E-state index is -0.536. The third kappa shape index (κ3) is 3.62. The first-order valence-electron chi connectivity index (χ1n) is 4.92. The normalized spacial score (nSPS) is 10.3. The number of hydrogen-bond donors (Lipinski definition) is 1. The Hall–Kier alpha value is -1.24. The number of aromatic nitrogens is 2. The summed E-state index contributed by atoms with van der Waals surface area (Å²) >= 11 is 14.3. The van der Waals surface area contributed by atoms with Crippen molar-refractivity contribution in [1.82, 2.24) is 9.97 Å². The molecule has 0 atom stereocenters. The molecule has 0 unspecified atom stereocenters. The number of benzene rings is 1. The fraction of sp³-hybridized carbons (Fsp3) is 0. The van der Waals surface area contributed by atoms with Gasteiger partial charge in [0.25, 0.3) is 5.91 Å². The molecule has 0 radical (unpaired) electrons. The second-order valence-electron chi connectivity index (χ2n) is 3.43. The van der Waals surface area contributed by atoms with Gasteiger partial charge in [-0.3, -0.25) is 4.79 Å². The van der Waals surface area contributed by atoms with Crippen molar-refractivity contribution in [1.29, 1.82) is 0 Å². The predicted octanol–water partition coefficient (Wildman–Crippen LogP) is 3.94. The van der Waals surface area contributed by atoms with E-state index in [1.165, 1.54) is 18.2 Å². The quantitative estimate of drug-likeness (QED) is 0.648. The number of halogens is 4. The Labute approximate surface area is 126 Å². The van der Waals surface area contributed by atoms with E-state index in [1.54, 1.807) is 0 Å². The molecule has 2 aromatic rings. The largest absolute Gasteiger partial charge is 0.306 e. The van der Waals surface area contributed by atoms with Gasteiger partial charge in [-0.2, -0.15) is 0 Å². The molecular formula is C11H5BrCl2FN3O. The van der Waals surface area contributed by atoms with Gasteiger partial charge in [-0.05, 0) is 45.7 Å². The third-order valence-corrected chi connectivity index (χ3v) is 3.10. The number of carbonyl (C=O) groups is 1. The molecule has 0 spiro atoms. The lowest BCUT2D eigenvalue weighted by Gasteiger charge is -2.05. The molecule has 0 aliphatic heterocycles. The van der Waals surface area contributed by atoms with Crippen molar-refractivity contribution >= 4 is 50.9 Å². The van der Waals surface area contributed by atoms with Crippen molar-refractivity contribution < 1.29 is 9.18 Å². The molecule has 1 heterocycles. The Balaban J connectivity index is 2.22. The molecule has 1 aromatic heterocycles. The van der Waals surface area contributed by atoms with Crippen LogP contribution in [0.4, 0.5) is 10.2 Å². The van der Waals surface area contributed by atoms with Crippen LogP contribution in [0.5, 0.6) is 0 Å². The van der Waals surface area contributed by atoms with Crippen LogP contribution in [0, 0.1) is 5.82 Å². The Morgan fingerprint density at radius 1 is 1.26 bits per heavy atom. The van der Waals surface area contributed by atoms with E-state index >= 15 is 0 Å². The van der Waals surface area contributed by atoms with Crippen molar-refractivity contribution in [2.24, 2.45) is 0 Å². The molecule has 0 saturated heterocycles. The van der Waals surface area contributed by atoms with Crippen LogP contribution in [0.3, 0.4) is 0 Å². The second kappa shape index (κ2) is 5.81. The monoisotopic (exact) mass is 363 g/mol. The summed E-state index contributed by atoms with van der Waals surface area (Å²) in [6.45, 7) is 0. The first-order valence-corrected chi connectivity index (χ1v) is 6.47. The summed E-state index contributed by atoms with van der Waals surface area (Å²) in [5, 5.41) is 2.45. The summed E-state index contributed by atoms with van der Waals surface area (Å²) in [6, 6.07) is 5.33. The van der Waals surface area contributed by atoms with Crippen LogP contribution in [-0.4, -0.2) is 15.9 Å². The SMILES string of the molecule is O=C(Nc1cc(Cl)nc(Cl)n1)c1ccc(Br)c(F)c1. The maximum absolute atomic E-state index is 13.3. The molecule has 1 N–H and O–H groups in total. The highest BCUT2D eigenvalue weighted by atomic mass is 79.9.